The van der Waals surface area contributed by atoms with Crippen LogP contribution in [0.2, 0.25) is 0 Å². The van der Waals surface area contributed by atoms with Gasteiger partial charge in [0.2, 0.25) is 0 Å². The highest BCUT2D eigenvalue weighted by Crippen LogP contribution is 2.41. The van der Waals surface area contributed by atoms with Gasteiger partial charge in [-0.1, -0.05) is 29.8 Å². The van der Waals surface area contributed by atoms with Gasteiger partial charge in [0.25, 0.3) is 0 Å². The maximum atomic E-state index is 6.64. The first-order chi connectivity index (χ1) is 10.0. The van der Waals surface area contributed by atoms with E-state index in [9.17, 15) is 0 Å². The van der Waals surface area contributed by atoms with Crippen LogP contribution >= 0.6 is 27.5 Å². The summed E-state index contributed by atoms with van der Waals surface area (Å²) in [7, 11) is 0. The Bertz CT molecular complexity index is 514. The fraction of sp³-hybridized carbons (Fsp3) is 0.667. The molecule has 0 amide bonds. The second-order valence-electron chi connectivity index (χ2n) is 6.95. The molecule has 3 unspecified atom stereocenters. The van der Waals surface area contributed by atoms with Crippen LogP contribution in [0, 0.1) is 17.8 Å². The van der Waals surface area contributed by atoms with Gasteiger partial charge in [0.15, 0.2) is 0 Å². The summed E-state index contributed by atoms with van der Waals surface area (Å²) in [6.45, 7) is 5.51. The normalized spacial score (nSPS) is 28.5. The number of halogens is 2. The minimum atomic E-state index is 0.316. The van der Waals surface area contributed by atoms with Crippen molar-refractivity contribution in [3.8, 4) is 5.75 Å². The van der Waals surface area contributed by atoms with Crippen LogP contribution in [0.4, 0.5) is 0 Å². The molecule has 3 atom stereocenters. The van der Waals surface area contributed by atoms with E-state index in [4.69, 9.17) is 16.3 Å². The summed E-state index contributed by atoms with van der Waals surface area (Å²) >= 11 is 10.3. The van der Waals surface area contributed by atoms with Crippen molar-refractivity contribution in [3.05, 3.63) is 27.7 Å². The summed E-state index contributed by atoms with van der Waals surface area (Å²) in [5.74, 6) is 3.30. The summed E-state index contributed by atoms with van der Waals surface area (Å²) in [6, 6.07) is 4.43. The summed E-state index contributed by atoms with van der Waals surface area (Å²) in [6.07, 6.45) is 5.79. The van der Waals surface area contributed by atoms with E-state index in [1.54, 1.807) is 0 Å². The van der Waals surface area contributed by atoms with Crippen LogP contribution in [0.3, 0.4) is 0 Å². The van der Waals surface area contributed by atoms with Gasteiger partial charge in [-0.3, -0.25) is 0 Å². The number of rotatable bonds is 3. The van der Waals surface area contributed by atoms with Gasteiger partial charge < -0.3 is 4.74 Å². The van der Waals surface area contributed by atoms with E-state index in [0.717, 1.165) is 43.5 Å². The van der Waals surface area contributed by atoms with E-state index < -0.39 is 0 Å². The van der Waals surface area contributed by atoms with Crippen LogP contribution < -0.4 is 4.74 Å². The molecule has 2 aliphatic rings. The number of benzene rings is 1. The number of fused-ring (bicyclic) bond motifs is 1. The maximum absolute atomic E-state index is 6.64. The number of hydrogen-bond donors (Lipinski definition) is 0. The van der Waals surface area contributed by atoms with Crippen LogP contribution in [0.1, 0.15) is 44.2 Å². The van der Waals surface area contributed by atoms with Crippen molar-refractivity contribution in [1.29, 1.82) is 0 Å². The average Bonchev–Trinajstić information content (AvgIpc) is 2.89. The smallest absolute Gasteiger partial charge is 0.125 e. The summed E-state index contributed by atoms with van der Waals surface area (Å²) in [5.41, 5.74) is 2.69. The lowest BCUT2D eigenvalue weighted by molar-refractivity contribution is 0.217. The molecule has 0 aromatic heterocycles. The third-order valence-corrected chi connectivity index (χ3v) is 6.21. The molecule has 21 heavy (non-hydrogen) atoms. The molecular weight excluding hydrogens is 348 g/mol. The lowest BCUT2D eigenvalue weighted by Crippen LogP contribution is -2.29. The minimum absolute atomic E-state index is 0.316. The number of ether oxygens (including phenoxy) is 1. The SMILES string of the molecule is CC(C)C1CCC(Cl)C(Cc2cc(Br)cc3c2OCC3)C1. The molecule has 3 rings (SSSR count). The average molecular weight is 372 g/mol. The topological polar surface area (TPSA) is 9.23 Å². The molecule has 1 aromatic carbocycles. The number of hydrogen-bond acceptors (Lipinski definition) is 1. The van der Waals surface area contributed by atoms with E-state index in [1.807, 2.05) is 0 Å². The van der Waals surface area contributed by atoms with Crippen LogP contribution in [0.25, 0.3) is 0 Å². The van der Waals surface area contributed by atoms with E-state index in [2.05, 4.69) is 41.9 Å². The number of alkyl halides is 1. The second kappa shape index (κ2) is 6.50. The van der Waals surface area contributed by atoms with Crippen molar-refractivity contribution >= 4 is 27.5 Å². The highest BCUT2D eigenvalue weighted by molar-refractivity contribution is 9.10. The zero-order valence-electron chi connectivity index (χ0n) is 12.9. The fourth-order valence-corrected chi connectivity index (χ4v) is 4.73. The van der Waals surface area contributed by atoms with Crippen molar-refractivity contribution in [1.82, 2.24) is 0 Å². The van der Waals surface area contributed by atoms with Gasteiger partial charge in [0, 0.05) is 16.3 Å². The van der Waals surface area contributed by atoms with Crippen molar-refractivity contribution < 1.29 is 4.74 Å². The van der Waals surface area contributed by atoms with Gasteiger partial charge in [-0.05, 0) is 66.7 Å². The molecule has 1 saturated carbocycles. The molecule has 116 valence electrons. The predicted octanol–water partition coefficient (Wildman–Crippen LogP) is 5.61. The highest BCUT2D eigenvalue weighted by atomic mass is 79.9. The minimum Gasteiger partial charge on any atom is -0.493 e. The molecule has 1 aliphatic carbocycles. The van der Waals surface area contributed by atoms with Gasteiger partial charge in [-0.25, -0.2) is 0 Å². The zero-order chi connectivity index (χ0) is 15.0. The predicted molar refractivity (Wildman–Crippen MR) is 92.4 cm³/mol. The Hall–Kier alpha value is -0.210. The molecule has 0 bridgehead atoms. The van der Waals surface area contributed by atoms with Gasteiger partial charge in [-0.15, -0.1) is 11.6 Å². The first-order valence-corrected chi connectivity index (χ1v) is 9.35. The molecule has 0 N–H and O–H groups in total. The van der Waals surface area contributed by atoms with Crippen LogP contribution in [0.5, 0.6) is 5.75 Å². The quantitative estimate of drug-likeness (QED) is 0.628. The molecule has 1 aromatic rings. The largest absolute Gasteiger partial charge is 0.493 e. The first-order valence-electron chi connectivity index (χ1n) is 8.12. The molecular formula is C18H24BrClO. The Labute approximate surface area is 141 Å². The van der Waals surface area contributed by atoms with Crippen LogP contribution in [-0.2, 0) is 12.8 Å². The molecule has 0 radical (unpaired) electrons. The lowest BCUT2D eigenvalue weighted by atomic mass is 9.74. The Kier molecular flexibility index (Phi) is 4.85. The molecule has 3 heteroatoms. The van der Waals surface area contributed by atoms with Gasteiger partial charge >= 0.3 is 0 Å². The van der Waals surface area contributed by atoms with Crippen molar-refractivity contribution in [2.75, 3.05) is 6.61 Å². The summed E-state index contributed by atoms with van der Waals surface area (Å²) < 4.78 is 7.04. The molecule has 1 aliphatic heterocycles. The molecule has 1 heterocycles. The standard InChI is InChI=1S/C18H24BrClO/c1-11(2)12-3-4-17(20)14(7-12)8-15-10-16(19)9-13-5-6-21-18(13)15/h9-12,14,17H,3-8H2,1-2H3. The van der Waals surface area contributed by atoms with Crippen molar-refractivity contribution in [2.24, 2.45) is 17.8 Å². The van der Waals surface area contributed by atoms with Crippen molar-refractivity contribution in [2.45, 2.75) is 51.3 Å². The summed E-state index contributed by atoms with van der Waals surface area (Å²) in [4.78, 5) is 0. The highest BCUT2D eigenvalue weighted by Gasteiger charge is 2.32. The summed E-state index contributed by atoms with van der Waals surface area (Å²) in [5, 5.41) is 0.316. The van der Waals surface area contributed by atoms with E-state index in [0.29, 0.717) is 11.3 Å². The van der Waals surface area contributed by atoms with Crippen molar-refractivity contribution in [3.63, 3.8) is 0 Å². The maximum Gasteiger partial charge on any atom is 0.125 e. The molecule has 0 saturated heterocycles. The molecule has 1 fully saturated rings. The lowest BCUT2D eigenvalue weighted by Gasteiger charge is -2.35. The second-order valence-corrected chi connectivity index (χ2v) is 8.43. The Morgan fingerprint density at radius 3 is 2.90 bits per heavy atom. The van der Waals surface area contributed by atoms with Gasteiger partial charge in [0.05, 0.1) is 6.61 Å². The van der Waals surface area contributed by atoms with Crippen LogP contribution in [-0.4, -0.2) is 12.0 Å². The third-order valence-electron chi connectivity index (χ3n) is 5.18. The zero-order valence-corrected chi connectivity index (χ0v) is 15.2. The van der Waals surface area contributed by atoms with E-state index in [-0.39, 0.29) is 0 Å². The molecule has 1 nitrogen and oxygen atoms in total. The monoisotopic (exact) mass is 370 g/mol. The Morgan fingerprint density at radius 1 is 1.33 bits per heavy atom. The van der Waals surface area contributed by atoms with E-state index in [1.165, 1.54) is 28.4 Å². The molecule has 0 spiro atoms. The Balaban J connectivity index is 1.79. The Morgan fingerprint density at radius 2 is 2.14 bits per heavy atom. The first kappa shape index (κ1) is 15.7. The van der Waals surface area contributed by atoms with Crippen LogP contribution in [0.15, 0.2) is 16.6 Å². The van der Waals surface area contributed by atoms with E-state index >= 15 is 0 Å². The fourth-order valence-electron chi connectivity index (χ4n) is 3.86. The van der Waals surface area contributed by atoms with Gasteiger partial charge in [0.1, 0.15) is 5.75 Å². The van der Waals surface area contributed by atoms with Gasteiger partial charge in [-0.2, -0.15) is 0 Å². The third kappa shape index (κ3) is 3.42.